The summed E-state index contributed by atoms with van der Waals surface area (Å²) in [6.07, 6.45) is 3.30. The van der Waals surface area contributed by atoms with Crippen molar-refractivity contribution in [1.82, 2.24) is 9.78 Å². The second-order valence-corrected chi connectivity index (χ2v) is 10.8. The molecule has 174 valence electrons. The number of amides is 1. The van der Waals surface area contributed by atoms with Crippen LogP contribution < -0.4 is 15.2 Å². The number of anilines is 1. The van der Waals surface area contributed by atoms with Crippen LogP contribution in [-0.4, -0.2) is 24.1 Å². The summed E-state index contributed by atoms with van der Waals surface area (Å²) < 4.78 is 35.8. The summed E-state index contributed by atoms with van der Waals surface area (Å²) in [5, 5.41) is 4.92. The fraction of sp³-hybridized carbons (Fsp3) is 0.167. The van der Waals surface area contributed by atoms with Crippen LogP contribution in [0.25, 0.3) is 11.3 Å². The molecule has 1 aliphatic carbocycles. The van der Waals surface area contributed by atoms with Gasteiger partial charge in [-0.15, -0.1) is 0 Å². The molecule has 1 aliphatic rings. The lowest BCUT2D eigenvalue weighted by molar-refractivity contribution is 0.100. The maximum atomic E-state index is 12.6. The van der Waals surface area contributed by atoms with Crippen molar-refractivity contribution in [1.29, 1.82) is 0 Å². The fourth-order valence-corrected chi connectivity index (χ4v) is 6.20. The van der Waals surface area contributed by atoms with Crippen LogP contribution in [0.4, 0.5) is 5.69 Å². The molecule has 0 unspecified atom stereocenters. The van der Waals surface area contributed by atoms with E-state index in [-0.39, 0.29) is 4.90 Å². The van der Waals surface area contributed by atoms with Gasteiger partial charge < -0.3 is 10.5 Å². The van der Waals surface area contributed by atoms with E-state index in [1.807, 2.05) is 20.2 Å². The van der Waals surface area contributed by atoms with E-state index < -0.39 is 15.9 Å². The number of nitrogens with one attached hydrogen (secondary N) is 1. The number of aromatic nitrogens is 2. The SMILES string of the molecule is Cc1ccc(S(=O)(=O)Nc2ccc(Oc3sc(C(N)=O)c4c3-c3c(cnn3C)CC4)cc2)cc1. The average Bonchev–Trinajstić information content (AvgIpc) is 3.36. The molecular formula is C24H22N4O4S2. The molecule has 2 heterocycles. The summed E-state index contributed by atoms with van der Waals surface area (Å²) in [7, 11) is -1.85. The van der Waals surface area contributed by atoms with Crippen molar-refractivity contribution in [3.05, 3.63) is 76.3 Å². The number of benzene rings is 2. The van der Waals surface area contributed by atoms with Crippen molar-refractivity contribution >= 4 is 33.0 Å². The molecule has 3 N–H and O–H groups in total. The van der Waals surface area contributed by atoms with Crippen molar-refractivity contribution in [2.75, 3.05) is 4.72 Å². The number of hydrogen-bond acceptors (Lipinski definition) is 6. The Morgan fingerprint density at radius 1 is 1.12 bits per heavy atom. The number of aryl methyl sites for hydroxylation is 3. The van der Waals surface area contributed by atoms with E-state index >= 15 is 0 Å². The summed E-state index contributed by atoms with van der Waals surface area (Å²) >= 11 is 1.22. The first-order chi connectivity index (χ1) is 16.2. The second kappa shape index (κ2) is 8.30. The van der Waals surface area contributed by atoms with Gasteiger partial charge in [0.15, 0.2) is 5.06 Å². The van der Waals surface area contributed by atoms with Crippen LogP contribution in [0.15, 0.2) is 59.6 Å². The maximum absolute atomic E-state index is 12.6. The number of thiophene rings is 1. The molecule has 34 heavy (non-hydrogen) atoms. The minimum absolute atomic E-state index is 0.189. The highest BCUT2D eigenvalue weighted by atomic mass is 32.2. The maximum Gasteiger partial charge on any atom is 0.261 e. The molecule has 0 spiro atoms. The zero-order chi connectivity index (χ0) is 24.0. The molecule has 0 fully saturated rings. The van der Waals surface area contributed by atoms with E-state index in [9.17, 15) is 13.2 Å². The highest BCUT2D eigenvalue weighted by Gasteiger charge is 2.31. The Labute approximate surface area is 201 Å². The van der Waals surface area contributed by atoms with E-state index in [0.29, 0.717) is 27.8 Å². The number of hydrogen-bond donors (Lipinski definition) is 2. The summed E-state index contributed by atoms with van der Waals surface area (Å²) in [5.74, 6) is 0.0234. The zero-order valence-corrected chi connectivity index (χ0v) is 20.2. The first-order valence-corrected chi connectivity index (χ1v) is 12.9. The summed E-state index contributed by atoms with van der Waals surface area (Å²) in [5.41, 5.74) is 10.8. The van der Waals surface area contributed by atoms with Crippen molar-refractivity contribution < 1.29 is 17.9 Å². The van der Waals surface area contributed by atoms with Crippen LogP contribution in [0.1, 0.15) is 26.4 Å². The van der Waals surface area contributed by atoms with E-state index in [1.54, 1.807) is 53.2 Å². The van der Waals surface area contributed by atoms with E-state index in [4.69, 9.17) is 10.5 Å². The number of carbonyl (C=O) groups excluding carboxylic acids is 1. The molecule has 1 amide bonds. The second-order valence-electron chi connectivity index (χ2n) is 8.12. The third-order valence-corrected chi connectivity index (χ3v) is 8.26. The Hall–Kier alpha value is -3.63. The topological polar surface area (TPSA) is 116 Å². The lowest BCUT2D eigenvalue weighted by Gasteiger charge is -2.16. The van der Waals surface area contributed by atoms with Gasteiger partial charge in [0.1, 0.15) is 5.75 Å². The molecular weight excluding hydrogens is 472 g/mol. The van der Waals surface area contributed by atoms with Crippen LogP contribution in [0.5, 0.6) is 10.8 Å². The minimum atomic E-state index is -3.70. The molecule has 10 heteroatoms. The Kier molecular flexibility index (Phi) is 5.41. The number of nitrogens with zero attached hydrogens (tertiary/aromatic N) is 2. The third-order valence-electron chi connectivity index (χ3n) is 5.74. The normalized spacial score (nSPS) is 12.6. The van der Waals surface area contributed by atoms with Crippen molar-refractivity contribution in [3.63, 3.8) is 0 Å². The monoisotopic (exact) mass is 494 g/mol. The molecule has 0 saturated carbocycles. The number of ether oxygens (including phenoxy) is 1. The predicted octanol–water partition coefficient (Wildman–Crippen LogP) is 4.25. The number of primary amides is 1. The molecule has 4 aromatic rings. The average molecular weight is 495 g/mol. The van der Waals surface area contributed by atoms with Crippen molar-refractivity contribution in [2.24, 2.45) is 12.8 Å². The van der Waals surface area contributed by atoms with Gasteiger partial charge in [0.25, 0.3) is 15.9 Å². The quantitative estimate of drug-likeness (QED) is 0.416. The van der Waals surface area contributed by atoms with E-state index in [0.717, 1.165) is 34.4 Å². The van der Waals surface area contributed by atoms with Gasteiger partial charge in [-0.25, -0.2) is 8.42 Å². The van der Waals surface area contributed by atoms with Gasteiger partial charge >= 0.3 is 0 Å². The van der Waals surface area contributed by atoms with Gasteiger partial charge in [-0.2, -0.15) is 5.10 Å². The lowest BCUT2D eigenvalue weighted by atomic mass is 9.91. The van der Waals surface area contributed by atoms with Gasteiger partial charge in [0.05, 0.1) is 27.2 Å². The first kappa shape index (κ1) is 22.2. The fourth-order valence-electron chi connectivity index (χ4n) is 4.07. The van der Waals surface area contributed by atoms with E-state index in [2.05, 4.69) is 9.82 Å². The molecule has 2 aromatic carbocycles. The van der Waals surface area contributed by atoms with Crippen LogP contribution >= 0.6 is 11.3 Å². The lowest BCUT2D eigenvalue weighted by Crippen LogP contribution is -2.13. The molecule has 0 saturated heterocycles. The molecule has 8 nitrogen and oxygen atoms in total. The molecule has 0 bridgehead atoms. The predicted molar refractivity (Wildman–Crippen MR) is 131 cm³/mol. The highest BCUT2D eigenvalue weighted by molar-refractivity contribution is 7.92. The Morgan fingerprint density at radius 3 is 2.50 bits per heavy atom. The van der Waals surface area contributed by atoms with Gasteiger partial charge in [0, 0.05) is 12.7 Å². The van der Waals surface area contributed by atoms with Gasteiger partial charge in [-0.1, -0.05) is 29.0 Å². The molecule has 0 aliphatic heterocycles. The molecule has 5 rings (SSSR count). The van der Waals surface area contributed by atoms with Gasteiger partial charge in [-0.05, 0) is 67.3 Å². The standard InChI is InChI=1S/C24H22N4O4S2/c1-14-3-10-18(11-4-14)34(30,31)27-16-6-8-17(9-7-16)32-24-20-19(22(33-24)23(25)29)12-5-15-13-26-28(2)21(15)20/h3-4,6-11,13,27H,5,12H2,1-2H3,(H2,25,29). The smallest absolute Gasteiger partial charge is 0.261 e. The molecule has 0 radical (unpaired) electrons. The van der Waals surface area contributed by atoms with Crippen LogP contribution in [-0.2, 0) is 29.9 Å². The number of nitrogens with two attached hydrogens (primary N) is 1. The number of carbonyl (C=O) groups is 1. The molecule has 2 aromatic heterocycles. The van der Waals surface area contributed by atoms with Crippen molar-refractivity contribution in [3.8, 4) is 22.1 Å². The van der Waals surface area contributed by atoms with Crippen LogP contribution in [0.2, 0.25) is 0 Å². The van der Waals surface area contributed by atoms with E-state index in [1.165, 1.54) is 11.3 Å². The van der Waals surface area contributed by atoms with Crippen LogP contribution in [0, 0.1) is 6.92 Å². The third kappa shape index (κ3) is 3.95. The van der Waals surface area contributed by atoms with Gasteiger partial charge in [-0.3, -0.25) is 14.2 Å². The Morgan fingerprint density at radius 2 is 1.82 bits per heavy atom. The Bertz CT molecular complexity index is 1500. The first-order valence-electron chi connectivity index (χ1n) is 10.6. The van der Waals surface area contributed by atoms with Gasteiger partial charge in [0.2, 0.25) is 0 Å². The summed E-state index contributed by atoms with van der Waals surface area (Å²) in [6, 6.07) is 13.3. The number of sulfonamides is 1. The summed E-state index contributed by atoms with van der Waals surface area (Å²) in [6.45, 7) is 1.90. The van der Waals surface area contributed by atoms with Crippen molar-refractivity contribution in [2.45, 2.75) is 24.7 Å². The minimum Gasteiger partial charge on any atom is -0.446 e. The van der Waals surface area contributed by atoms with Crippen LogP contribution in [0.3, 0.4) is 0 Å². The number of rotatable bonds is 6. The Balaban J connectivity index is 1.43. The molecule has 0 atom stereocenters. The zero-order valence-electron chi connectivity index (χ0n) is 18.5. The largest absolute Gasteiger partial charge is 0.446 e. The number of fused-ring (bicyclic) bond motifs is 3. The summed E-state index contributed by atoms with van der Waals surface area (Å²) in [4.78, 5) is 12.8. The highest BCUT2D eigenvalue weighted by Crippen LogP contribution is 2.48.